The molecular weight excluding hydrogens is 264 g/mol. The molecule has 3 saturated carbocycles. The lowest BCUT2D eigenvalue weighted by Gasteiger charge is -2.54. The summed E-state index contributed by atoms with van der Waals surface area (Å²) >= 11 is 0. The van der Waals surface area contributed by atoms with Crippen molar-refractivity contribution in [1.29, 1.82) is 0 Å². The Morgan fingerprint density at radius 2 is 1.86 bits per heavy atom. The van der Waals surface area contributed by atoms with Crippen molar-refractivity contribution in [3.63, 3.8) is 0 Å². The zero-order chi connectivity index (χ0) is 15.4. The molecule has 0 spiro atoms. The first-order chi connectivity index (χ1) is 10.6. The molecule has 5 unspecified atom stereocenters. The molecule has 0 aromatic carbocycles. The first-order valence-corrected chi connectivity index (χ1v) is 9.96. The quantitative estimate of drug-likeness (QED) is 0.438. The Labute approximate surface area is 137 Å². The first kappa shape index (κ1) is 15.0. The van der Waals surface area contributed by atoms with Crippen molar-refractivity contribution in [3.05, 3.63) is 23.3 Å². The van der Waals surface area contributed by atoms with Gasteiger partial charge in [-0.3, -0.25) is 0 Å². The lowest BCUT2D eigenvalue weighted by molar-refractivity contribution is 0.0755. The Morgan fingerprint density at radius 3 is 2.68 bits per heavy atom. The van der Waals surface area contributed by atoms with E-state index < -0.39 is 0 Å². The van der Waals surface area contributed by atoms with Gasteiger partial charge in [0.15, 0.2) is 0 Å². The molecule has 3 fully saturated rings. The van der Waals surface area contributed by atoms with E-state index in [-0.39, 0.29) is 0 Å². The van der Waals surface area contributed by atoms with Crippen LogP contribution in [0.1, 0.15) is 85.0 Å². The van der Waals surface area contributed by atoms with Crippen molar-refractivity contribution in [3.8, 4) is 0 Å². The van der Waals surface area contributed by atoms with Crippen molar-refractivity contribution >= 4 is 0 Å². The molecule has 122 valence electrons. The minimum Gasteiger partial charge on any atom is -0.0879 e. The predicted octanol–water partition coefficient (Wildman–Crippen LogP) is 6.68. The topological polar surface area (TPSA) is 0 Å². The molecule has 0 N–H and O–H groups in total. The third kappa shape index (κ3) is 1.95. The summed E-state index contributed by atoms with van der Waals surface area (Å²) in [6, 6.07) is 0. The highest BCUT2D eigenvalue weighted by Gasteiger charge is 2.54. The van der Waals surface area contributed by atoms with E-state index in [1.165, 1.54) is 64.2 Å². The third-order valence-corrected chi connectivity index (χ3v) is 8.39. The summed E-state index contributed by atoms with van der Waals surface area (Å²) in [5.74, 6) is 2.85. The average Bonchev–Trinajstić information content (AvgIpc) is 2.72. The molecule has 4 rings (SSSR count). The predicted molar refractivity (Wildman–Crippen MR) is 94.7 cm³/mol. The highest BCUT2D eigenvalue weighted by atomic mass is 14.6. The van der Waals surface area contributed by atoms with Crippen LogP contribution in [0.25, 0.3) is 0 Å². The van der Waals surface area contributed by atoms with Gasteiger partial charge in [-0.1, -0.05) is 56.4 Å². The van der Waals surface area contributed by atoms with Gasteiger partial charge in [0.05, 0.1) is 0 Å². The summed E-state index contributed by atoms with van der Waals surface area (Å²) in [6.07, 6.45) is 19.8. The Hall–Kier alpha value is -0.520. The average molecular weight is 299 g/mol. The zero-order valence-electron chi connectivity index (χ0n) is 15.0. The van der Waals surface area contributed by atoms with Gasteiger partial charge in [0.25, 0.3) is 0 Å². The number of fused-ring (bicyclic) bond motifs is 5. The van der Waals surface area contributed by atoms with Crippen molar-refractivity contribution in [2.75, 3.05) is 0 Å². The van der Waals surface area contributed by atoms with Gasteiger partial charge in [0, 0.05) is 0 Å². The maximum atomic E-state index is 2.74. The van der Waals surface area contributed by atoms with E-state index in [1.807, 2.05) is 5.57 Å². The molecule has 4 aliphatic rings. The molecule has 0 radical (unpaired) electrons. The van der Waals surface area contributed by atoms with Crippen LogP contribution in [0.2, 0.25) is 0 Å². The molecule has 0 aromatic heterocycles. The SMILES string of the molecule is CC=C1CCC2C3CCC4CCCCCC4(C)C3=CCC12C. The fraction of sp³-hybridized carbons (Fsp3) is 0.818. The van der Waals surface area contributed by atoms with Crippen LogP contribution in [-0.2, 0) is 0 Å². The van der Waals surface area contributed by atoms with Crippen LogP contribution >= 0.6 is 0 Å². The van der Waals surface area contributed by atoms with Gasteiger partial charge < -0.3 is 0 Å². The second-order valence-electron chi connectivity index (χ2n) is 9.14. The molecule has 5 atom stereocenters. The van der Waals surface area contributed by atoms with E-state index in [0.717, 1.165) is 17.8 Å². The van der Waals surface area contributed by atoms with Crippen LogP contribution in [0, 0.1) is 28.6 Å². The van der Waals surface area contributed by atoms with E-state index in [0.29, 0.717) is 10.8 Å². The summed E-state index contributed by atoms with van der Waals surface area (Å²) in [6.45, 7) is 7.50. The fourth-order valence-corrected chi connectivity index (χ4v) is 7.06. The molecular formula is C22H34. The smallest absolute Gasteiger partial charge is 0.00479 e. The number of hydrogen-bond donors (Lipinski definition) is 0. The molecule has 0 aromatic rings. The van der Waals surface area contributed by atoms with Gasteiger partial charge >= 0.3 is 0 Å². The van der Waals surface area contributed by atoms with Crippen LogP contribution in [-0.4, -0.2) is 0 Å². The number of hydrogen-bond acceptors (Lipinski definition) is 0. The van der Waals surface area contributed by atoms with Crippen LogP contribution in [0.15, 0.2) is 23.3 Å². The van der Waals surface area contributed by atoms with Gasteiger partial charge in [0.2, 0.25) is 0 Å². The summed E-state index contributed by atoms with van der Waals surface area (Å²) in [4.78, 5) is 0. The van der Waals surface area contributed by atoms with Gasteiger partial charge in [-0.2, -0.15) is 0 Å². The molecule has 0 amide bonds. The molecule has 0 bridgehead atoms. The van der Waals surface area contributed by atoms with Crippen molar-refractivity contribution in [2.45, 2.75) is 85.0 Å². The summed E-state index contributed by atoms with van der Waals surface area (Å²) in [7, 11) is 0. The highest BCUT2D eigenvalue weighted by molar-refractivity contribution is 5.33. The third-order valence-electron chi connectivity index (χ3n) is 8.39. The van der Waals surface area contributed by atoms with Gasteiger partial charge in [-0.25, -0.2) is 0 Å². The molecule has 0 heteroatoms. The molecule has 0 aliphatic heterocycles. The van der Waals surface area contributed by atoms with E-state index >= 15 is 0 Å². The fourth-order valence-electron chi connectivity index (χ4n) is 7.06. The van der Waals surface area contributed by atoms with E-state index in [4.69, 9.17) is 0 Å². The normalized spacial score (nSPS) is 49.9. The van der Waals surface area contributed by atoms with Crippen LogP contribution in [0.4, 0.5) is 0 Å². The summed E-state index contributed by atoms with van der Waals surface area (Å²) in [5, 5.41) is 0. The maximum absolute atomic E-state index is 2.74. The van der Waals surface area contributed by atoms with E-state index in [9.17, 15) is 0 Å². The number of allylic oxidation sites excluding steroid dienone is 4. The standard InChI is InChI=1S/C22H34/c1-4-16-10-12-19-18-11-9-17-8-6-5-7-14-21(17,2)20(18)13-15-22(16,19)3/h4,13,17-19H,5-12,14-15H2,1-3H3. The lowest BCUT2D eigenvalue weighted by Crippen LogP contribution is -2.44. The minimum atomic E-state index is 0.497. The van der Waals surface area contributed by atoms with Crippen LogP contribution in [0.3, 0.4) is 0 Å². The Kier molecular flexibility index (Phi) is 3.59. The molecule has 0 saturated heterocycles. The van der Waals surface area contributed by atoms with Gasteiger partial charge in [0.1, 0.15) is 0 Å². The largest absolute Gasteiger partial charge is 0.0879 e. The van der Waals surface area contributed by atoms with Gasteiger partial charge in [-0.15, -0.1) is 0 Å². The summed E-state index contributed by atoms with van der Waals surface area (Å²) in [5.41, 5.74) is 4.74. The highest BCUT2D eigenvalue weighted by Crippen LogP contribution is 2.64. The maximum Gasteiger partial charge on any atom is -0.00479 e. The second-order valence-corrected chi connectivity index (χ2v) is 9.14. The van der Waals surface area contributed by atoms with Crippen molar-refractivity contribution in [1.82, 2.24) is 0 Å². The summed E-state index contributed by atoms with van der Waals surface area (Å²) < 4.78 is 0. The van der Waals surface area contributed by atoms with E-state index in [2.05, 4.69) is 32.9 Å². The monoisotopic (exact) mass is 298 g/mol. The van der Waals surface area contributed by atoms with Crippen molar-refractivity contribution in [2.24, 2.45) is 28.6 Å². The second kappa shape index (κ2) is 5.25. The van der Waals surface area contributed by atoms with Gasteiger partial charge in [-0.05, 0) is 80.5 Å². The zero-order valence-corrected chi connectivity index (χ0v) is 15.0. The molecule has 4 aliphatic carbocycles. The first-order valence-electron chi connectivity index (χ1n) is 9.96. The molecule has 0 heterocycles. The van der Waals surface area contributed by atoms with E-state index in [1.54, 1.807) is 5.57 Å². The Morgan fingerprint density at radius 1 is 1.00 bits per heavy atom. The van der Waals surface area contributed by atoms with Crippen molar-refractivity contribution < 1.29 is 0 Å². The lowest BCUT2D eigenvalue weighted by atomic mass is 9.51. The molecule has 22 heavy (non-hydrogen) atoms. The Bertz CT molecular complexity index is 510. The minimum absolute atomic E-state index is 0.497. The molecule has 0 nitrogen and oxygen atoms in total. The van der Waals surface area contributed by atoms with Crippen LogP contribution in [0.5, 0.6) is 0 Å². The van der Waals surface area contributed by atoms with Crippen LogP contribution < -0.4 is 0 Å². The Balaban J connectivity index is 1.72. The number of rotatable bonds is 0.